The number of nitrogens with zero attached hydrogens (tertiary/aromatic N) is 4. The van der Waals surface area contributed by atoms with Crippen LogP contribution in [0.15, 0.2) is 74.9 Å². The molecule has 0 saturated carbocycles. The molecular weight excluding hydrogens is 415 g/mol. The summed E-state index contributed by atoms with van der Waals surface area (Å²) in [5, 5.41) is 18.6. The first kappa shape index (κ1) is 26.5. The van der Waals surface area contributed by atoms with Crippen molar-refractivity contribution in [3.05, 3.63) is 74.9 Å². The minimum Gasteiger partial charge on any atom is -0.550 e. The molecule has 28 heavy (non-hydrogen) atoms. The van der Waals surface area contributed by atoms with Crippen LogP contribution in [0.25, 0.3) is 0 Å². The second-order valence-corrected chi connectivity index (χ2v) is 3.96. The van der Waals surface area contributed by atoms with Crippen molar-refractivity contribution in [2.24, 2.45) is 0 Å². The van der Waals surface area contributed by atoms with Crippen LogP contribution in [0.4, 0.5) is 0 Å². The minimum atomic E-state index is -1.63. The van der Waals surface area contributed by atoms with Gasteiger partial charge in [0.15, 0.2) is 0 Å². The van der Waals surface area contributed by atoms with Gasteiger partial charge in [0.1, 0.15) is 0 Å². The van der Waals surface area contributed by atoms with Crippen molar-refractivity contribution in [3.8, 4) is 0 Å². The van der Waals surface area contributed by atoms with Gasteiger partial charge >= 0.3 is 16.5 Å². The third kappa shape index (κ3) is 24.5. The van der Waals surface area contributed by atoms with E-state index in [2.05, 4.69) is 39.9 Å². The number of carboxylic acid groups (broad SMARTS) is 2. The van der Waals surface area contributed by atoms with E-state index in [-0.39, 0.29) is 16.5 Å². The summed E-state index contributed by atoms with van der Waals surface area (Å²) in [5.74, 6) is -3.25. The van der Waals surface area contributed by atoms with Gasteiger partial charge in [0.05, 0.1) is 25.3 Å². The van der Waals surface area contributed by atoms with E-state index in [0.717, 1.165) is 0 Å². The molecule has 4 rings (SSSR count). The monoisotopic (exact) mass is 432 g/mol. The fraction of sp³-hybridized carbons (Fsp3) is 0.0667. The fourth-order valence-corrected chi connectivity index (χ4v) is 0.979. The SMILES string of the molecule is O=C([O-])CC(=O)[O-].[Ni+2].c1c[nH]cn1.c1c[nH]cn1.c1c[nH]cn1.c1c[nH]cn1. The molecule has 0 aromatic carbocycles. The maximum absolute atomic E-state index is 9.28. The molecular formula is C15H18N8NiO4. The van der Waals surface area contributed by atoms with Gasteiger partial charge in [0, 0.05) is 67.9 Å². The summed E-state index contributed by atoms with van der Waals surface area (Å²) in [4.78, 5) is 44.2. The van der Waals surface area contributed by atoms with Crippen molar-refractivity contribution in [1.29, 1.82) is 0 Å². The predicted octanol–water partition coefficient (Wildman–Crippen LogP) is -1.49. The number of imidazole rings is 4. The number of carbonyl (C=O) groups is 2. The van der Waals surface area contributed by atoms with E-state index >= 15 is 0 Å². The summed E-state index contributed by atoms with van der Waals surface area (Å²) < 4.78 is 0. The molecule has 4 N–H and O–H groups in total. The minimum absolute atomic E-state index is 0. The van der Waals surface area contributed by atoms with Gasteiger partial charge < -0.3 is 39.7 Å². The predicted molar refractivity (Wildman–Crippen MR) is 89.0 cm³/mol. The Morgan fingerprint density at radius 2 is 0.857 bits per heavy atom. The van der Waals surface area contributed by atoms with Crippen molar-refractivity contribution in [2.75, 3.05) is 0 Å². The van der Waals surface area contributed by atoms with Crippen LogP contribution in [0.1, 0.15) is 6.42 Å². The summed E-state index contributed by atoms with van der Waals surface area (Å²) in [6, 6.07) is 0. The smallest absolute Gasteiger partial charge is 0.550 e. The molecule has 0 spiro atoms. The van der Waals surface area contributed by atoms with Crippen molar-refractivity contribution in [2.45, 2.75) is 6.42 Å². The number of aliphatic carboxylic acids is 2. The number of aromatic amines is 4. The van der Waals surface area contributed by atoms with Crippen molar-refractivity contribution in [1.82, 2.24) is 39.9 Å². The zero-order valence-electron chi connectivity index (χ0n) is 14.4. The molecule has 4 aromatic rings. The number of hydrogen-bond acceptors (Lipinski definition) is 8. The first-order valence-electron chi connectivity index (χ1n) is 7.23. The summed E-state index contributed by atoms with van der Waals surface area (Å²) in [6.45, 7) is 0. The zero-order valence-corrected chi connectivity index (χ0v) is 15.4. The van der Waals surface area contributed by atoms with Gasteiger partial charge in [-0.15, -0.1) is 0 Å². The number of carbonyl (C=O) groups excluding carboxylic acids is 2. The van der Waals surface area contributed by atoms with E-state index in [4.69, 9.17) is 0 Å². The quantitative estimate of drug-likeness (QED) is 0.217. The molecule has 13 heteroatoms. The molecule has 4 heterocycles. The van der Waals surface area contributed by atoms with Crippen LogP contribution in [-0.2, 0) is 26.1 Å². The Morgan fingerprint density at radius 3 is 0.893 bits per heavy atom. The van der Waals surface area contributed by atoms with Crippen LogP contribution in [-0.4, -0.2) is 51.8 Å². The summed E-state index contributed by atoms with van der Waals surface area (Å²) in [6.07, 6.45) is 19.3. The summed E-state index contributed by atoms with van der Waals surface area (Å²) in [7, 11) is 0. The Kier molecular flexibility index (Phi) is 20.2. The Morgan fingerprint density at radius 1 is 0.607 bits per heavy atom. The molecule has 0 fully saturated rings. The summed E-state index contributed by atoms with van der Waals surface area (Å²) in [5.41, 5.74) is 0. The maximum Gasteiger partial charge on any atom is 2.00 e. The number of aromatic nitrogens is 8. The van der Waals surface area contributed by atoms with E-state index in [0.29, 0.717) is 0 Å². The van der Waals surface area contributed by atoms with E-state index in [1.165, 1.54) is 0 Å². The molecule has 0 saturated heterocycles. The molecule has 0 aliphatic heterocycles. The topological polar surface area (TPSA) is 195 Å². The number of nitrogens with one attached hydrogen (secondary N) is 4. The van der Waals surface area contributed by atoms with E-state index in [1.54, 1.807) is 74.9 Å². The summed E-state index contributed by atoms with van der Waals surface area (Å²) >= 11 is 0. The van der Waals surface area contributed by atoms with E-state index in [1.807, 2.05) is 0 Å². The van der Waals surface area contributed by atoms with Gasteiger partial charge in [0.2, 0.25) is 0 Å². The van der Waals surface area contributed by atoms with Gasteiger partial charge in [-0.1, -0.05) is 0 Å². The molecule has 0 aliphatic carbocycles. The molecule has 0 radical (unpaired) electrons. The number of hydrogen-bond donors (Lipinski definition) is 4. The third-order valence-corrected chi connectivity index (χ3v) is 1.91. The maximum atomic E-state index is 9.28. The molecule has 0 unspecified atom stereocenters. The average Bonchev–Trinajstić information content (AvgIpc) is 3.52. The van der Waals surface area contributed by atoms with E-state index < -0.39 is 18.4 Å². The van der Waals surface area contributed by atoms with Crippen LogP contribution in [0, 0.1) is 0 Å². The number of rotatable bonds is 2. The van der Waals surface area contributed by atoms with Crippen LogP contribution in [0.3, 0.4) is 0 Å². The van der Waals surface area contributed by atoms with Gasteiger partial charge in [-0.25, -0.2) is 19.9 Å². The van der Waals surface area contributed by atoms with Crippen molar-refractivity contribution in [3.63, 3.8) is 0 Å². The van der Waals surface area contributed by atoms with E-state index in [9.17, 15) is 19.8 Å². The van der Waals surface area contributed by atoms with Crippen molar-refractivity contribution >= 4 is 11.9 Å². The van der Waals surface area contributed by atoms with Gasteiger partial charge in [-0.05, 0) is 0 Å². The molecule has 4 aromatic heterocycles. The molecule has 12 nitrogen and oxygen atoms in total. The van der Waals surface area contributed by atoms with Crippen LogP contribution < -0.4 is 10.2 Å². The second-order valence-electron chi connectivity index (χ2n) is 3.96. The molecule has 0 atom stereocenters. The Bertz CT molecular complexity index is 545. The van der Waals surface area contributed by atoms with Gasteiger partial charge in [-0.2, -0.15) is 0 Å². The molecule has 152 valence electrons. The first-order valence-corrected chi connectivity index (χ1v) is 7.23. The van der Waals surface area contributed by atoms with Crippen LogP contribution in [0.2, 0.25) is 0 Å². The van der Waals surface area contributed by atoms with Crippen LogP contribution >= 0.6 is 0 Å². The Balaban J connectivity index is 0. The Hall–Kier alpha value is -3.73. The first-order chi connectivity index (χ1) is 13.1. The largest absolute Gasteiger partial charge is 2.00 e. The fourth-order valence-electron chi connectivity index (χ4n) is 0.979. The number of carboxylic acids is 2. The molecule has 0 bridgehead atoms. The van der Waals surface area contributed by atoms with Gasteiger partial charge in [-0.3, -0.25) is 0 Å². The molecule has 0 amide bonds. The standard InChI is InChI=1S/4C3H4N2.C3H4O4.Ni/c4*1-2-5-3-4-1;4-2(5)1-3(6)7;/h4*1-3H,(H,4,5);1H2,(H,4,5)(H,6,7);/q;;;;;+2/p-2. The normalized spacial score (nSPS) is 7.71. The second kappa shape index (κ2) is 21.3. The van der Waals surface area contributed by atoms with Gasteiger partial charge in [0.25, 0.3) is 0 Å². The zero-order chi connectivity index (χ0) is 20.0. The van der Waals surface area contributed by atoms with Crippen molar-refractivity contribution < 1.29 is 36.3 Å². The average molecular weight is 433 g/mol. The third-order valence-electron chi connectivity index (χ3n) is 1.91. The Labute approximate surface area is 169 Å². The molecule has 0 aliphatic rings. The van der Waals surface area contributed by atoms with Crippen LogP contribution in [0.5, 0.6) is 0 Å². The number of H-pyrrole nitrogens is 4.